The van der Waals surface area contributed by atoms with E-state index >= 15 is 0 Å². The number of carbonyl (C=O) groups excluding carboxylic acids is 3. The Morgan fingerprint density at radius 3 is 2.52 bits per heavy atom. The second-order valence-corrected chi connectivity index (χ2v) is 7.38. The second-order valence-electron chi connectivity index (χ2n) is 6.39. The van der Waals surface area contributed by atoms with Crippen LogP contribution in [0.25, 0.3) is 0 Å². The minimum atomic E-state index is -1.13. The van der Waals surface area contributed by atoms with Gasteiger partial charge in [0.25, 0.3) is 0 Å². The number of aliphatic carboxylic acids is 1. The van der Waals surface area contributed by atoms with Gasteiger partial charge in [-0.1, -0.05) is 0 Å². The molecule has 0 aromatic heterocycles. The van der Waals surface area contributed by atoms with Crippen molar-refractivity contribution in [1.29, 1.82) is 0 Å². The lowest BCUT2D eigenvalue weighted by Crippen LogP contribution is -2.56. The first-order valence-corrected chi connectivity index (χ1v) is 10.1. The Morgan fingerprint density at radius 1 is 1.30 bits per heavy atom. The van der Waals surface area contributed by atoms with Crippen LogP contribution in [0.1, 0.15) is 26.2 Å². The molecule has 0 aliphatic carbocycles. The predicted octanol–water partition coefficient (Wildman–Crippen LogP) is -1.88. The number of hydrogen-bond donors (Lipinski definition) is 5. The monoisotopic (exact) mass is 404 g/mol. The van der Waals surface area contributed by atoms with E-state index in [0.717, 1.165) is 0 Å². The summed E-state index contributed by atoms with van der Waals surface area (Å²) in [6.07, 6.45) is 3.15. The molecule has 27 heavy (non-hydrogen) atoms. The molecule has 11 heteroatoms. The number of amides is 3. The number of carbonyl (C=O) groups is 4. The van der Waals surface area contributed by atoms with Gasteiger partial charge in [0.1, 0.15) is 24.2 Å². The zero-order valence-corrected chi connectivity index (χ0v) is 16.3. The highest BCUT2D eigenvalue weighted by molar-refractivity contribution is 7.98. The number of hydrogen-bond acceptors (Lipinski definition) is 7. The summed E-state index contributed by atoms with van der Waals surface area (Å²) in [5.41, 5.74) is 5.41. The van der Waals surface area contributed by atoms with Crippen molar-refractivity contribution in [3.05, 3.63) is 0 Å². The van der Waals surface area contributed by atoms with E-state index in [1.165, 1.54) is 23.6 Å². The summed E-state index contributed by atoms with van der Waals surface area (Å²) in [7, 11) is 0. The van der Waals surface area contributed by atoms with Crippen molar-refractivity contribution in [2.24, 2.45) is 5.73 Å². The third-order valence-electron chi connectivity index (χ3n) is 4.33. The number of carboxylic acid groups (broad SMARTS) is 1. The van der Waals surface area contributed by atoms with Crippen LogP contribution in [0.3, 0.4) is 0 Å². The van der Waals surface area contributed by atoms with Crippen LogP contribution in [0.5, 0.6) is 0 Å². The van der Waals surface area contributed by atoms with E-state index in [-0.39, 0.29) is 6.42 Å². The molecule has 3 amide bonds. The van der Waals surface area contributed by atoms with Gasteiger partial charge in [0.05, 0.1) is 6.61 Å². The number of carboxylic acids is 1. The lowest BCUT2D eigenvalue weighted by molar-refractivity contribution is -0.144. The minimum Gasteiger partial charge on any atom is -0.480 e. The number of nitrogens with two attached hydrogens (primary N) is 1. The molecule has 4 atom stereocenters. The maximum Gasteiger partial charge on any atom is 0.326 e. The largest absolute Gasteiger partial charge is 0.480 e. The highest BCUT2D eigenvalue weighted by Crippen LogP contribution is 2.19. The predicted molar refractivity (Wildman–Crippen MR) is 100.0 cm³/mol. The Kier molecular flexibility index (Phi) is 9.53. The van der Waals surface area contributed by atoms with Gasteiger partial charge in [-0.2, -0.15) is 11.8 Å². The van der Waals surface area contributed by atoms with Gasteiger partial charge >= 0.3 is 5.97 Å². The number of nitrogens with zero attached hydrogens (tertiary/aromatic N) is 1. The number of likely N-dealkylation sites (tertiary alicyclic amines) is 1. The number of aliphatic hydroxyl groups excluding tert-OH is 1. The average molecular weight is 404 g/mol. The van der Waals surface area contributed by atoms with Gasteiger partial charge < -0.3 is 31.5 Å². The summed E-state index contributed by atoms with van der Waals surface area (Å²) in [5, 5.41) is 23.0. The summed E-state index contributed by atoms with van der Waals surface area (Å²) in [4.78, 5) is 49.5. The van der Waals surface area contributed by atoms with E-state index in [1.807, 2.05) is 6.26 Å². The van der Waals surface area contributed by atoms with Gasteiger partial charge in [0.15, 0.2) is 0 Å². The highest BCUT2D eigenvalue weighted by Gasteiger charge is 2.37. The first-order chi connectivity index (χ1) is 12.7. The fraction of sp³-hybridized carbons (Fsp3) is 0.750. The van der Waals surface area contributed by atoms with Gasteiger partial charge in [-0.15, -0.1) is 0 Å². The molecule has 1 aliphatic heterocycles. The van der Waals surface area contributed by atoms with Crippen molar-refractivity contribution in [1.82, 2.24) is 15.5 Å². The molecule has 0 saturated carbocycles. The van der Waals surface area contributed by atoms with Crippen LogP contribution in [0, 0.1) is 0 Å². The number of nitrogens with one attached hydrogen (secondary N) is 2. The molecule has 0 aromatic rings. The van der Waals surface area contributed by atoms with E-state index < -0.39 is 54.5 Å². The minimum absolute atomic E-state index is 0.286. The van der Waals surface area contributed by atoms with E-state index in [9.17, 15) is 24.3 Å². The number of rotatable bonds is 10. The van der Waals surface area contributed by atoms with Crippen LogP contribution in [0.4, 0.5) is 0 Å². The van der Waals surface area contributed by atoms with Crippen molar-refractivity contribution >= 4 is 35.5 Å². The van der Waals surface area contributed by atoms with Crippen molar-refractivity contribution in [2.45, 2.75) is 50.4 Å². The molecule has 10 nitrogen and oxygen atoms in total. The Hall–Kier alpha value is -1.85. The zero-order chi connectivity index (χ0) is 20.6. The topological polar surface area (TPSA) is 162 Å². The van der Waals surface area contributed by atoms with Crippen LogP contribution < -0.4 is 16.4 Å². The summed E-state index contributed by atoms with van der Waals surface area (Å²) >= 11 is 1.48. The Bertz CT molecular complexity index is 561. The molecular weight excluding hydrogens is 376 g/mol. The van der Waals surface area contributed by atoms with E-state index in [2.05, 4.69) is 10.6 Å². The van der Waals surface area contributed by atoms with Gasteiger partial charge in [-0.3, -0.25) is 14.4 Å². The SMILES string of the molecule is CSCCC(NC(=O)C1CCCN1C(=O)C(C)NC(=O)C(N)CO)C(=O)O. The van der Waals surface area contributed by atoms with Crippen LogP contribution >= 0.6 is 11.8 Å². The van der Waals surface area contributed by atoms with Crippen LogP contribution in [-0.2, 0) is 19.2 Å². The average Bonchev–Trinajstić information content (AvgIpc) is 3.12. The molecule has 1 heterocycles. The Morgan fingerprint density at radius 2 is 1.96 bits per heavy atom. The summed E-state index contributed by atoms with van der Waals surface area (Å²) in [6.45, 7) is 1.26. The molecule has 0 spiro atoms. The summed E-state index contributed by atoms with van der Waals surface area (Å²) in [5.74, 6) is -2.17. The standard InChI is InChI=1S/C16H28N4O6S/c1-9(18-13(22)10(17)8-21)15(24)20-6-3-4-12(20)14(23)19-11(16(25)26)5-7-27-2/h9-12,21H,3-8,17H2,1-2H3,(H,18,22)(H,19,23)(H,25,26). The number of thioether (sulfide) groups is 1. The fourth-order valence-electron chi connectivity index (χ4n) is 2.78. The Balaban J connectivity index is 2.73. The van der Waals surface area contributed by atoms with Gasteiger partial charge in [0.2, 0.25) is 17.7 Å². The molecule has 0 bridgehead atoms. The van der Waals surface area contributed by atoms with Gasteiger partial charge in [-0.25, -0.2) is 4.79 Å². The normalized spacial score (nSPS) is 19.9. The van der Waals surface area contributed by atoms with Crippen molar-refractivity contribution in [2.75, 3.05) is 25.2 Å². The van der Waals surface area contributed by atoms with Gasteiger partial charge in [-0.05, 0) is 38.2 Å². The molecular formula is C16H28N4O6S. The van der Waals surface area contributed by atoms with Crippen molar-refractivity contribution in [3.63, 3.8) is 0 Å². The molecule has 1 saturated heterocycles. The van der Waals surface area contributed by atoms with Crippen LogP contribution in [-0.4, -0.2) is 88.1 Å². The molecule has 1 aliphatic rings. The summed E-state index contributed by atoms with van der Waals surface area (Å²) in [6, 6.07) is -3.84. The molecule has 4 unspecified atom stereocenters. The number of aliphatic hydroxyl groups is 1. The summed E-state index contributed by atoms with van der Waals surface area (Å²) < 4.78 is 0. The highest BCUT2D eigenvalue weighted by atomic mass is 32.2. The van der Waals surface area contributed by atoms with Crippen LogP contribution in [0.15, 0.2) is 0 Å². The molecule has 154 valence electrons. The smallest absolute Gasteiger partial charge is 0.326 e. The maximum atomic E-state index is 12.6. The third kappa shape index (κ3) is 6.67. The fourth-order valence-corrected chi connectivity index (χ4v) is 3.25. The first-order valence-electron chi connectivity index (χ1n) is 8.72. The van der Waals surface area contributed by atoms with Crippen LogP contribution in [0.2, 0.25) is 0 Å². The van der Waals surface area contributed by atoms with E-state index in [1.54, 1.807) is 0 Å². The van der Waals surface area contributed by atoms with Crippen molar-refractivity contribution < 1.29 is 29.4 Å². The van der Waals surface area contributed by atoms with Crippen molar-refractivity contribution in [3.8, 4) is 0 Å². The maximum absolute atomic E-state index is 12.6. The van der Waals surface area contributed by atoms with E-state index in [0.29, 0.717) is 25.1 Å². The zero-order valence-electron chi connectivity index (χ0n) is 15.5. The lowest BCUT2D eigenvalue weighted by atomic mass is 10.1. The molecule has 0 aromatic carbocycles. The quantitative estimate of drug-likeness (QED) is 0.283. The lowest BCUT2D eigenvalue weighted by Gasteiger charge is -2.28. The first kappa shape index (κ1) is 23.2. The molecule has 6 N–H and O–H groups in total. The molecule has 1 rings (SSSR count). The third-order valence-corrected chi connectivity index (χ3v) is 4.97. The van der Waals surface area contributed by atoms with E-state index in [4.69, 9.17) is 10.8 Å². The second kappa shape index (κ2) is 11.1. The van der Waals surface area contributed by atoms with Gasteiger partial charge in [0, 0.05) is 6.54 Å². The Labute approximate surface area is 162 Å². The molecule has 1 fully saturated rings. The molecule has 0 radical (unpaired) electrons.